The van der Waals surface area contributed by atoms with Crippen molar-refractivity contribution in [3.8, 4) is 5.75 Å². The summed E-state index contributed by atoms with van der Waals surface area (Å²) in [7, 11) is 0.379. The summed E-state index contributed by atoms with van der Waals surface area (Å²) >= 11 is 0. The first-order valence-electron chi connectivity index (χ1n) is 8.45. The second-order valence-corrected chi connectivity index (χ2v) is 7.64. The number of aromatic nitrogens is 1. The highest BCUT2D eigenvalue weighted by atomic mass is 32.2. The number of carboxylic acids is 1. The molecule has 28 heavy (non-hydrogen) atoms. The van der Waals surface area contributed by atoms with Crippen LogP contribution in [0, 0.1) is 0 Å². The summed E-state index contributed by atoms with van der Waals surface area (Å²) in [5, 5.41) is 8.86. The Morgan fingerprint density at radius 2 is 1.93 bits per heavy atom. The van der Waals surface area contributed by atoms with Crippen molar-refractivity contribution in [1.29, 1.82) is 0 Å². The molecule has 1 N–H and O–H groups in total. The van der Waals surface area contributed by atoms with Gasteiger partial charge in [0, 0.05) is 29.6 Å². The normalized spacial score (nSPS) is 11.9. The van der Waals surface area contributed by atoms with Gasteiger partial charge in [-0.3, -0.25) is 9.00 Å². The molecule has 1 unspecified atom stereocenters. The van der Waals surface area contributed by atoms with Crippen molar-refractivity contribution in [3.05, 3.63) is 87.7 Å². The predicted octanol–water partition coefficient (Wildman–Crippen LogP) is 2.70. The van der Waals surface area contributed by atoms with Crippen LogP contribution in [-0.4, -0.2) is 19.9 Å². The Morgan fingerprint density at radius 3 is 2.61 bits per heavy atom. The van der Waals surface area contributed by atoms with E-state index in [1.54, 1.807) is 17.8 Å². The number of carbonyl (C=O) groups is 1. The van der Waals surface area contributed by atoms with Crippen molar-refractivity contribution < 1.29 is 23.3 Å². The van der Waals surface area contributed by atoms with Crippen molar-refractivity contribution in [2.45, 2.75) is 18.1 Å². The Kier molecular flexibility index (Phi) is 6.10. The maximum absolute atomic E-state index is 12.4. The van der Waals surface area contributed by atoms with Crippen LogP contribution in [0.15, 0.2) is 63.9 Å². The molecule has 2 aromatic heterocycles. The van der Waals surface area contributed by atoms with Crippen molar-refractivity contribution in [2.75, 3.05) is 0 Å². The number of aryl methyl sites for hydroxylation is 1. The average Bonchev–Trinajstić information content (AvgIpc) is 3.13. The molecule has 0 bridgehead atoms. The third-order valence-electron chi connectivity index (χ3n) is 4.03. The number of furan rings is 1. The molecule has 0 aliphatic heterocycles. The van der Waals surface area contributed by atoms with Gasteiger partial charge in [-0.15, -0.1) is 0 Å². The predicted molar refractivity (Wildman–Crippen MR) is 104 cm³/mol. The quantitative estimate of drug-likeness (QED) is 0.623. The van der Waals surface area contributed by atoms with Crippen molar-refractivity contribution in [2.24, 2.45) is 7.05 Å². The van der Waals surface area contributed by atoms with Crippen LogP contribution in [0.2, 0.25) is 0 Å². The summed E-state index contributed by atoms with van der Waals surface area (Å²) in [5.41, 5.74) is 1.25. The Bertz CT molecular complexity index is 1050. The van der Waals surface area contributed by atoms with Crippen LogP contribution in [0.3, 0.4) is 0 Å². The minimum Gasteiger partial charge on any atom is -0.483 e. The number of nitrogens with zero attached hydrogens (tertiary/aromatic N) is 1. The molecule has 2 heterocycles. The molecule has 1 aromatic carbocycles. The highest BCUT2D eigenvalue weighted by Gasteiger charge is 2.13. The third kappa shape index (κ3) is 4.98. The smallest absolute Gasteiger partial charge is 0.371 e. The largest absolute Gasteiger partial charge is 0.483 e. The number of hydrogen-bond donors (Lipinski definition) is 1. The van der Waals surface area contributed by atoms with Crippen LogP contribution in [0.1, 0.15) is 27.6 Å². The molecule has 8 heteroatoms. The van der Waals surface area contributed by atoms with Crippen LogP contribution in [-0.2, 0) is 36.0 Å². The summed E-state index contributed by atoms with van der Waals surface area (Å²) in [4.78, 5) is 23.1. The average molecular weight is 401 g/mol. The lowest BCUT2D eigenvalue weighted by molar-refractivity contribution is 0.0660. The van der Waals surface area contributed by atoms with Gasteiger partial charge >= 0.3 is 5.97 Å². The summed E-state index contributed by atoms with van der Waals surface area (Å²) in [6.45, 7) is 0.283. The van der Waals surface area contributed by atoms with E-state index >= 15 is 0 Å². The number of aromatic carboxylic acids is 1. The first-order valence-corrected chi connectivity index (χ1v) is 9.94. The minimum atomic E-state index is -1.37. The second kappa shape index (κ2) is 8.71. The molecular formula is C20H19NO6S. The summed E-state index contributed by atoms with van der Waals surface area (Å²) in [5.74, 6) is -0.631. The van der Waals surface area contributed by atoms with Gasteiger partial charge in [-0.25, -0.2) is 4.79 Å². The van der Waals surface area contributed by atoms with Gasteiger partial charge < -0.3 is 18.8 Å². The molecule has 0 fully saturated rings. The Morgan fingerprint density at radius 1 is 1.18 bits per heavy atom. The van der Waals surface area contributed by atoms with Gasteiger partial charge in [-0.2, -0.15) is 0 Å². The molecule has 0 spiro atoms. The highest BCUT2D eigenvalue weighted by molar-refractivity contribution is 7.83. The lowest BCUT2D eigenvalue weighted by atomic mass is 10.2. The topological polar surface area (TPSA) is 98.7 Å². The summed E-state index contributed by atoms with van der Waals surface area (Å²) in [6, 6.07) is 13.7. The van der Waals surface area contributed by atoms with E-state index in [1.165, 1.54) is 18.2 Å². The van der Waals surface area contributed by atoms with Gasteiger partial charge in [0.05, 0.1) is 17.7 Å². The van der Waals surface area contributed by atoms with Gasteiger partial charge in [-0.1, -0.05) is 30.3 Å². The van der Waals surface area contributed by atoms with Crippen LogP contribution in [0.25, 0.3) is 0 Å². The molecule has 0 amide bonds. The maximum atomic E-state index is 12.4. The number of pyridine rings is 1. The first-order chi connectivity index (χ1) is 13.4. The fraction of sp³-hybridized carbons (Fsp3) is 0.200. The number of ether oxygens (including phenoxy) is 1. The fourth-order valence-electron chi connectivity index (χ4n) is 2.58. The van der Waals surface area contributed by atoms with E-state index in [-0.39, 0.29) is 35.1 Å². The van der Waals surface area contributed by atoms with Gasteiger partial charge in [0.15, 0.2) is 5.75 Å². The lowest BCUT2D eigenvalue weighted by Gasteiger charge is -2.11. The monoisotopic (exact) mass is 401 g/mol. The van der Waals surface area contributed by atoms with E-state index < -0.39 is 16.8 Å². The van der Waals surface area contributed by atoms with E-state index in [4.69, 9.17) is 14.3 Å². The molecule has 0 saturated carbocycles. The van der Waals surface area contributed by atoms with Crippen LogP contribution in [0.5, 0.6) is 5.75 Å². The first kappa shape index (κ1) is 19.6. The lowest BCUT2D eigenvalue weighted by Crippen LogP contribution is -2.15. The minimum absolute atomic E-state index is 0.0632. The van der Waals surface area contributed by atoms with E-state index in [2.05, 4.69) is 0 Å². The zero-order chi connectivity index (χ0) is 20.1. The zero-order valence-electron chi connectivity index (χ0n) is 15.2. The number of hydrogen-bond acceptors (Lipinski definition) is 5. The molecule has 0 aliphatic carbocycles. The highest BCUT2D eigenvalue weighted by Crippen LogP contribution is 2.14. The molecular weight excluding hydrogens is 382 g/mol. The van der Waals surface area contributed by atoms with Gasteiger partial charge in [-0.05, 0) is 17.7 Å². The van der Waals surface area contributed by atoms with Crippen molar-refractivity contribution in [3.63, 3.8) is 0 Å². The molecule has 7 nitrogen and oxygen atoms in total. The maximum Gasteiger partial charge on any atom is 0.371 e. The van der Waals surface area contributed by atoms with Crippen LogP contribution < -0.4 is 10.2 Å². The van der Waals surface area contributed by atoms with Crippen molar-refractivity contribution in [1.82, 2.24) is 4.57 Å². The van der Waals surface area contributed by atoms with Gasteiger partial charge in [0.2, 0.25) is 11.2 Å². The van der Waals surface area contributed by atoms with E-state index in [0.717, 1.165) is 5.56 Å². The van der Waals surface area contributed by atoms with Crippen LogP contribution in [0.4, 0.5) is 0 Å². The standard InChI is InChI=1S/C20H19NO6S/c1-21-10-19(26-11-14-5-3-2-4-6-14)17(22)9-15(21)12-28(25)13-16-7-8-18(27-16)20(23)24/h2-10H,11-13H2,1H3,(H,23,24). The molecule has 1 atom stereocenters. The molecule has 3 rings (SSSR count). The zero-order valence-corrected chi connectivity index (χ0v) is 16.0. The number of benzene rings is 1. The second-order valence-electron chi connectivity index (χ2n) is 6.18. The Hall–Kier alpha value is -3.13. The SMILES string of the molecule is Cn1cc(OCc2ccccc2)c(=O)cc1CS(=O)Cc1ccc(C(=O)O)o1. The van der Waals surface area contributed by atoms with Crippen LogP contribution >= 0.6 is 0 Å². The van der Waals surface area contributed by atoms with Gasteiger partial charge in [0.1, 0.15) is 12.4 Å². The van der Waals surface area contributed by atoms with E-state index in [1.807, 2.05) is 30.3 Å². The number of rotatable bonds is 8. The summed E-state index contributed by atoms with van der Waals surface area (Å²) in [6.07, 6.45) is 1.58. The molecule has 0 saturated heterocycles. The fourth-order valence-corrected chi connectivity index (χ4v) is 3.77. The molecule has 3 aromatic rings. The molecule has 0 radical (unpaired) electrons. The summed E-state index contributed by atoms with van der Waals surface area (Å²) < 4.78 is 24.8. The Labute approximate surface area is 163 Å². The molecule has 0 aliphatic rings. The number of carboxylic acid groups (broad SMARTS) is 1. The van der Waals surface area contributed by atoms with E-state index in [9.17, 15) is 13.8 Å². The van der Waals surface area contributed by atoms with E-state index in [0.29, 0.717) is 11.5 Å². The van der Waals surface area contributed by atoms with Crippen molar-refractivity contribution >= 4 is 16.8 Å². The Balaban J connectivity index is 1.65. The third-order valence-corrected chi connectivity index (χ3v) is 5.25. The van der Waals surface area contributed by atoms with Gasteiger partial charge in [0.25, 0.3) is 0 Å². The molecule has 146 valence electrons.